The summed E-state index contributed by atoms with van der Waals surface area (Å²) in [4.78, 5) is 56.7. The van der Waals surface area contributed by atoms with Gasteiger partial charge in [-0.15, -0.1) is 0 Å². The number of carbonyl (C=O) groups is 5. The number of carboxylic acids is 3. The summed E-state index contributed by atoms with van der Waals surface area (Å²) < 4.78 is 41.9. The van der Waals surface area contributed by atoms with Crippen LogP contribution in [0, 0.1) is 0 Å². The van der Waals surface area contributed by atoms with E-state index in [0.29, 0.717) is 0 Å². The number of benzene rings is 1. The molecule has 1 aliphatic heterocycles. The summed E-state index contributed by atoms with van der Waals surface area (Å²) >= 11 is 0. The Hall–Kier alpha value is -3.88. The van der Waals surface area contributed by atoms with Crippen molar-refractivity contribution in [2.24, 2.45) is 0 Å². The molecular weight excluding hydrogens is 497 g/mol. The standard InChI is InChI=1S/C19H24N2O8.C2HF3O2/c1-12(22)21(14-4-6-20-7-5-14)9-15(23)13-2-3-16(28-10-18(24)25)17(8-13)29-11-19(26)27;3-2(4,5)1(6)7/h2-3,8,14,20H,4-7,9-11H2,1H3,(H,24,25)(H,26,27);(H,6,7). The molecule has 200 valence electrons. The number of carbonyl (C=O) groups excluding carboxylic acids is 2. The number of ketones is 1. The zero-order valence-electron chi connectivity index (χ0n) is 19.0. The lowest BCUT2D eigenvalue weighted by atomic mass is 10.0. The number of hydrogen-bond acceptors (Lipinski definition) is 8. The molecule has 0 radical (unpaired) electrons. The number of Topliss-reactive ketones (excluding diaryl/α,β-unsaturated/α-hetero) is 1. The number of nitrogens with one attached hydrogen (secondary N) is 1. The van der Waals surface area contributed by atoms with Crippen molar-refractivity contribution >= 4 is 29.6 Å². The third-order valence-corrected chi connectivity index (χ3v) is 4.68. The molecule has 1 aromatic rings. The summed E-state index contributed by atoms with van der Waals surface area (Å²) in [5.41, 5.74) is 0.202. The van der Waals surface area contributed by atoms with E-state index in [9.17, 15) is 32.3 Å². The number of amides is 1. The summed E-state index contributed by atoms with van der Waals surface area (Å²) in [5.74, 6) is -5.80. The van der Waals surface area contributed by atoms with Gasteiger partial charge in [0.15, 0.2) is 30.5 Å². The predicted molar refractivity (Wildman–Crippen MR) is 114 cm³/mol. The lowest BCUT2D eigenvalue weighted by Crippen LogP contribution is -2.47. The van der Waals surface area contributed by atoms with Crippen molar-refractivity contribution in [2.75, 3.05) is 32.8 Å². The highest BCUT2D eigenvalue weighted by Gasteiger charge is 2.38. The molecule has 0 aromatic heterocycles. The first kappa shape index (κ1) is 30.2. The molecule has 1 heterocycles. The Morgan fingerprint density at radius 2 is 1.47 bits per heavy atom. The van der Waals surface area contributed by atoms with Crippen molar-refractivity contribution in [3.05, 3.63) is 23.8 Å². The minimum absolute atomic E-state index is 0.00646. The van der Waals surface area contributed by atoms with E-state index in [2.05, 4.69) is 5.32 Å². The smallest absolute Gasteiger partial charge is 0.479 e. The molecule has 0 aliphatic carbocycles. The molecule has 4 N–H and O–H groups in total. The molecule has 0 spiro atoms. The van der Waals surface area contributed by atoms with Crippen molar-refractivity contribution in [1.29, 1.82) is 0 Å². The van der Waals surface area contributed by atoms with Gasteiger partial charge in [0.25, 0.3) is 0 Å². The summed E-state index contributed by atoms with van der Waals surface area (Å²) in [5, 5.41) is 27.9. The summed E-state index contributed by atoms with van der Waals surface area (Å²) in [6.45, 7) is 1.50. The van der Waals surface area contributed by atoms with Crippen LogP contribution in [0.1, 0.15) is 30.1 Å². The summed E-state index contributed by atoms with van der Waals surface area (Å²) in [6, 6.07) is 4.03. The first-order chi connectivity index (χ1) is 16.7. The molecule has 2 rings (SSSR count). The summed E-state index contributed by atoms with van der Waals surface area (Å²) in [6.07, 6.45) is -3.58. The Morgan fingerprint density at radius 1 is 0.972 bits per heavy atom. The van der Waals surface area contributed by atoms with Crippen LogP contribution in [0.15, 0.2) is 18.2 Å². The van der Waals surface area contributed by atoms with E-state index >= 15 is 0 Å². The minimum Gasteiger partial charge on any atom is -0.479 e. The third kappa shape index (κ3) is 10.6. The highest BCUT2D eigenvalue weighted by Crippen LogP contribution is 2.29. The van der Waals surface area contributed by atoms with Gasteiger partial charge in [0, 0.05) is 18.5 Å². The molecule has 0 bridgehead atoms. The number of hydrogen-bond donors (Lipinski definition) is 4. The maximum absolute atomic E-state index is 12.8. The lowest BCUT2D eigenvalue weighted by Gasteiger charge is -2.33. The minimum atomic E-state index is -5.08. The number of nitrogens with zero attached hydrogens (tertiary/aromatic N) is 1. The maximum atomic E-state index is 12.8. The predicted octanol–water partition coefficient (Wildman–Crippen LogP) is 1.03. The van der Waals surface area contributed by atoms with Crippen LogP contribution in [0.2, 0.25) is 0 Å². The number of halogens is 3. The van der Waals surface area contributed by atoms with E-state index in [1.165, 1.54) is 30.0 Å². The number of ether oxygens (including phenoxy) is 2. The molecule has 1 amide bonds. The Bertz CT molecular complexity index is 962. The number of alkyl halides is 3. The van der Waals surface area contributed by atoms with Gasteiger partial charge in [-0.2, -0.15) is 13.2 Å². The van der Waals surface area contributed by atoms with Crippen molar-refractivity contribution < 1.29 is 61.9 Å². The van der Waals surface area contributed by atoms with Crippen molar-refractivity contribution in [3.8, 4) is 11.5 Å². The fourth-order valence-electron chi connectivity index (χ4n) is 3.05. The first-order valence-electron chi connectivity index (χ1n) is 10.4. The monoisotopic (exact) mass is 522 g/mol. The van der Waals surface area contributed by atoms with Gasteiger partial charge in [-0.05, 0) is 44.1 Å². The van der Waals surface area contributed by atoms with Gasteiger partial charge < -0.3 is 35.0 Å². The first-order valence-corrected chi connectivity index (χ1v) is 10.4. The van der Waals surface area contributed by atoms with Crippen LogP contribution in [0.25, 0.3) is 0 Å². The van der Waals surface area contributed by atoms with Crippen molar-refractivity contribution in [3.63, 3.8) is 0 Å². The normalized spacial score (nSPS) is 13.6. The average Bonchev–Trinajstić information content (AvgIpc) is 2.79. The second-order valence-corrected chi connectivity index (χ2v) is 7.38. The van der Waals surface area contributed by atoms with Crippen molar-refractivity contribution in [2.45, 2.75) is 32.0 Å². The number of carboxylic acid groups (broad SMARTS) is 3. The second-order valence-electron chi connectivity index (χ2n) is 7.38. The molecule has 1 saturated heterocycles. The molecule has 0 unspecified atom stereocenters. The van der Waals surface area contributed by atoms with Crippen LogP contribution >= 0.6 is 0 Å². The maximum Gasteiger partial charge on any atom is 0.490 e. The molecule has 36 heavy (non-hydrogen) atoms. The van der Waals surface area contributed by atoms with E-state index in [1.807, 2.05) is 0 Å². The van der Waals surface area contributed by atoms with Crippen LogP contribution in [-0.4, -0.2) is 94.9 Å². The molecule has 0 saturated carbocycles. The fourth-order valence-corrected chi connectivity index (χ4v) is 3.05. The molecule has 1 fully saturated rings. The fraction of sp³-hybridized carbons (Fsp3) is 0.476. The van der Waals surface area contributed by atoms with Gasteiger partial charge >= 0.3 is 24.1 Å². The number of aliphatic carboxylic acids is 3. The molecule has 1 aromatic carbocycles. The molecule has 1 aliphatic rings. The van der Waals surface area contributed by atoms with E-state index in [-0.39, 0.29) is 41.3 Å². The van der Waals surface area contributed by atoms with Gasteiger partial charge in [-0.3, -0.25) is 9.59 Å². The molecular formula is C21H25F3N2O10. The van der Waals surface area contributed by atoms with Gasteiger partial charge in [-0.1, -0.05) is 0 Å². The topological polar surface area (TPSA) is 180 Å². The van der Waals surface area contributed by atoms with Gasteiger partial charge in [-0.25, -0.2) is 14.4 Å². The van der Waals surface area contributed by atoms with Gasteiger partial charge in [0.2, 0.25) is 5.91 Å². The third-order valence-electron chi connectivity index (χ3n) is 4.68. The average molecular weight is 522 g/mol. The van der Waals surface area contributed by atoms with Crippen molar-refractivity contribution in [1.82, 2.24) is 10.2 Å². The van der Waals surface area contributed by atoms with Crippen LogP contribution in [0.5, 0.6) is 11.5 Å². The lowest BCUT2D eigenvalue weighted by molar-refractivity contribution is -0.192. The number of rotatable bonds is 10. The number of piperidine rings is 1. The SMILES string of the molecule is CC(=O)N(CC(=O)c1ccc(OCC(=O)O)c(OCC(=O)O)c1)C1CCNCC1.O=C(O)C(F)(F)F. The Balaban J connectivity index is 0.000000809. The highest BCUT2D eigenvalue weighted by atomic mass is 19.4. The zero-order chi connectivity index (χ0) is 27.5. The van der Waals surface area contributed by atoms with E-state index < -0.39 is 37.3 Å². The highest BCUT2D eigenvalue weighted by molar-refractivity contribution is 5.99. The largest absolute Gasteiger partial charge is 0.490 e. The molecule has 15 heteroatoms. The van der Waals surface area contributed by atoms with Gasteiger partial charge in [0.05, 0.1) is 6.54 Å². The van der Waals surface area contributed by atoms with E-state index in [1.54, 1.807) is 0 Å². The Kier molecular flexibility index (Phi) is 11.6. The van der Waals surface area contributed by atoms with E-state index in [0.717, 1.165) is 25.9 Å². The molecule has 12 nitrogen and oxygen atoms in total. The Morgan fingerprint density at radius 3 is 1.92 bits per heavy atom. The van der Waals surface area contributed by atoms with Crippen LogP contribution in [0.3, 0.4) is 0 Å². The van der Waals surface area contributed by atoms with Crippen LogP contribution in [0.4, 0.5) is 13.2 Å². The Labute approximate surface area is 202 Å². The quantitative estimate of drug-likeness (QED) is 0.322. The summed E-state index contributed by atoms with van der Waals surface area (Å²) in [7, 11) is 0. The van der Waals surface area contributed by atoms with Gasteiger partial charge in [0.1, 0.15) is 0 Å². The second kappa shape index (κ2) is 13.9. The zero-order valence-corrected chi connectivity index (χ0v) is 19.0. The molecule has 0 atom stereocenters. The van der Waals surface area contributed by atoms with E-state index in [4.69, 9.17) is 29.6 Å². The van der Waals surface area contributed by atoms with Crippen LogP contribution < -0.4 is 14.8 Å². The van der Waals surface area contributed by atoms with Crippen LogP contribution in [-0.2, 0) is 19.2 Å².